The largest absolute Gasteiger partial charge is 0.507 e. The Kier molecular flexibility index (Phi) is 5.10. The summed E-state index contributed by atoms with van der Waals surface area (Å²) >= 11 is 0. The molecule has 2 aromatic carbocycles. The van der Waals surface area contributed by atoms with Crippen molar-refractivity contribution >= 4 is 16.7 Å². The van der Waals surface area contributed by atoms with Crippen LogP contribution in [0.4, 0.5) is 0 Å². The van der Waals surface area contributed by atoms with Gasteiger partial charge < -0.3 is 20.4 Å². The van der Waals surface area contributed by atoms with Gasteiger partial charge in [-0.2, -0.15) is 0 Å². The van der Waals surface area contributed by atoms with Gasteiger partial charge in [-0.05, 0) is 22.9 Å². The lowest BCUT2D eigenvalue weighted by molar-refractivity contribution is 0.0694. The van der Waals surface area contributed by atoms with Crippen LogP contribution in [0.5, 0.6) is 5.75 Å². The topological polar surface area (TPSA) is 98.0 Å². The number of aliphatic hydroxyl groups excluding tert-OH is 2. The smallest absolute Gasteiger partial charge is 0.339 e. The molecule has 0 heterocycles. The zero-order valence-corrected chi connectivity index (χ0v) is 9.58. The molecule has 96 valence electrons. The molecule has 0 aliphatic rings. The predicted molar refractivity (Wildman–Crippen MR) is 66.7 cm³/mol. The first-order valence-corrected chi connectivity index (χ1v) is 5.27. The van der Waals surface area contributed by atoms with Crippen molar-refractivity contribution in [3.63, 3.8) is 0 Å². The van der Waals surface area contributed by atoms with E-state index < -0.39 is 5.97 Å². The van der Waals surface area contributed by atoms with Gasteiger partial charge in [-0.1, -0.05) is 24.3 Å². The highest BCUT2D eigenvalue weighted by molar-refractivity contribution is 5.97. The van der Waals surface area contributed by atoms with E-state index in [0.717, 1.165) is 10.8 Å². The number of carbonyl (C=O) groups is 1. The summed E-state index contributed by atoms with van der Waals surface area (Å²) in [4.78, 5) is 10.7. The number of rotatable bonds is 2. The van der Waals surface area contributed by atoms with Crippen LogP contribution >= 0.6 is 0 Å². The van der Waals surface area contributed by atoms with Crippen LogP contribution in [0.25, 0.3) is 10.8 Å². The van der Waals surface area contributed by atoms with Crippen molar-refractivity contribution in [3.8, 4) is 5.75 Å². The molecule has 0 aromatic heterocycles. The van der Waals surface area contributed by atoms with Gasteiger partial charge in [-0.25, -0.2) is 4.79 Å². The number of benzene rings is 2. The maximum absolute atomic E-state index is 10.7. The lowest BCUT2D eigenvalue weighted by Gasteiger charge is -2.02. The molecule has 0 saturated heterocycles. The van der Waals surface area contributed by atoms with Crippen molar-refractivity contribution in [1.82, 2.24) is 0 Å². The van der Waals surface area contributed by atoms with Crippen molar-refractivity contribution in [2.75, 3.05) is 13.2 Å². The Morgan fingerprint density at radius 1 is 1.00 bits per heavy atom. The lowest BCUT2D eigenvalue weighted by atomic mass is 10.1. The molecule has 0 aliphatic carbocycles. The Morgan fingerprint density at radius 2 is 1.50 bits per heavy atom. The summed E-state index contributed by atoms with van der Waals surface area (Å²) in [5, 5.41) is 35.0. The third kappa shape index (κ3) is 3.44. The van der Waals surface area contributed by atoms with Crippen LogP contribution in [0, 0.1) is 0 Å². The number of carboxylic acid groups (broad SMARTS) is 1. The van der Waals surface area contributed by atoms with Gasteiger partial charge in [0.1, 0.15) is 11.3 Å². The number of aromatic carboxylic acids is 1. The fourth-order valence-corrected chi connectivity index (χ4v) is 1.40. The van der Waals surface area contributed by atoms with Crippen LogP contribution in [0.2, 0.25) is 0 Å². The molecule has 0 unspecified atom stereocenters. The Balaban J connectivity index is 0.000000357. The number of carboxylic acids is 1. The molecule has 0 amide bonds. The highest BCUT2D eigenvalue weighted by Gasteiger charge is 2.09. The second-order valence-electron chi connectivity index (χ2n) is 3.47. The molecule has 2 aromatic rings. The van der Waals surface area contributed by atoms with Gasteiger partial charge in [0.2, 0.25) is 0 Å². The summed E-state index contributed by atoms with van der Waals surface area (Å²) in [5.74, 6) is -1.32. The fourth-order valence-electron chi connectivity index (χ4n) is 1.40. The Labute approximate surface area is 104 Å². The number of hydrogen-bond acceptors (Lipinski definition) is 4. The SMILES string of the molecule is O=C(O)c1cc2ccccc2cc1O.OCCO. The van der Waals surface area contributed by atoms with Crippen molar-refractivity contribution in [2.24, 2.45) is 0 Å². The van der Waals surface area contributed by atoms with Crippen molar-refractivity contribution in [3.05, 3.63) is 42.0 Å². The average molecular weight is 250 g/mol. The normalized spacial score (nSPS) is 9.67. The molecule has 5 nitrogen and oxygen atoms in total. The van der Waals surface area contributed by atoms with E-state index in [4.69, 9.17) is 15.3 Å². The molecular formula is C13H14O5. The minimum Gasteiger partial charge on any atom is -0.507 e. The summed E-state index contributed by atoms with van der Waals surface area (Å²) in [6.45, 7) is -0.250. The highest BCUT2D eigenvalue weighted by atomic mass is 16.4. The van der Waals surface area contributed by atoms with E-state index in [1.165, 1.54) is 12.1 Å². The fraction of sp³-hybridized carbons (Fsp3) is 0.154. The quantitative estimate of drug-likeness (QED) is 0.642. The Hall–Kier alpha value is -2.11. The molecule has 0 bridgehead atoms. The molecule has 4 N–H and O–H groups in total. The van der Waals surface area contributed by atoms with Gasteiger partial charge in [0.15, 0.2) is 0 Å². The van der Waals surface area contributed by atoms with Crippen molar-refractivity contribution in [2.45, 2.75) is 0 Å². The molecular weight excluding hydrogens is 236 g/mol. The number of phenols is 1. The summed E-state index contributed by atoms with van der Waals surface area (Å²) in [7, 11) is 0. The summed E-state index contributed by atoms with van der Waals surface area (Å²) in [5.41, 5.74) is -0.0660. The molecule has 0 radical (unpaired) electrons. The van der Waals surface area contributed by atoms with E-state index in [1.54, 1.807) is 6.07 Å². The molecule has 0 aliphatic heterocycles. The maximum atomic E-state index is 10.7. The monoisotopic (exact) mass is 250 g/mol. The van der Waals surface area contributed by atoms with Crippen LogP contribution in [0.1, 0.15) is 10.4 Å². The zero-order chi connectivity index (χ0) is 13.5. The molecule has 18 heavy (non-hydrogen) atoms. The first-order valence-electron chi connectivity index (χ1n) is 5.27. The number of aromatic hydroxyl groups is 1. The van der Waals surface area contributed by atoms with E-state index in [2.05, 4.69) is 0 Å². The minimum atomic E-state index is -1.12. The zero-order valence-electron chi connectivity index (χ0n) is 9.58. The first kappa shape index (κ1) is 14.0. The van der Waals surface area contributed by atoms with Gasteiger partial charge >= 0.3 is 5.97 Å². The highest BCUT2D eigenvalue weighted by Crippen LogP contribution is 2.24. The van der Waals surface area contributed by atoms with Crippen molar-refractivity contribution < 1.29 is 25.2 Å². The van der Waals surface area contributed by atoms with E-state index in [9.17, 15) is 9.90 Å². The van der Waals surface area contributed by atoms with Gasteiger partial charge in [0, 0.05) is 0 Å². The summed E-state index contributed by atoms with van der Waals surface area (Å²) in [6.07, 6.45) is 0. The van der Waals surface area contributed by atoms with Crippen LogP contribution in [-0.2, 0) is 0 Å². The second-order valence-corrected chi connectivity index (χ2v) is 3.47. The van der Waals surface area contributed by atoms with Gasteiger partial charge in [-0.15, -0.1) is 0 Å². The predicted octanol–water partition coefficient (Wildman–Crippen LogP) is 1.21. The average Bonchev–Trinajstić information content (AvgIpc) is 2.38. The van der Waals surface area contributed by atoms with Gasteiger partial charge in [-0.3, -0.25) is 0 Å². The standard InChI is InChI=1S/C11H8O3.C2H6O2/c12-10-6-8-4-2-1-3-7(8)5-9(10)11(13)14;3-1-2-4/h1-6,12H,(H,13,14);3-4H,1-2H2. The summed E-state index contributed by atoms with van der Waals surface area (Å²) < 4.78 is 0. The maximum Gasteiger partial charge on any atom is 0.339 e. The van der Waals surface area contributed by atoms with Gasteiger partial charge in [0.05, 0.1) is 13.2 Å². The second kappa shape index (κ2) is 6.58. The first-order chi connectivity index (χ1) is 8.60. The Morgan fingerprint density at radius 3 is 1.94 bits per heavy atom. The summed E-state index contributed by atoms with van der Waals surface area (Å²) in [6, 6.07) is 10.2. The lowest BCUT2D eigenvalue weighted by Crippen LogP contribution is -1.96. The van der Waals surface area contributed by atoms with E-state index >= 15 is 0 Å². The molecule has 0 fully saturated rings. The van der Waals surface area contributed by atoms with Crippen LogP contribution in [-0.4, -0.2) is 39.6 Å². The third-order valence-corrected chi connectivity index (χ3v) is 2.19. The van der Waals surface area contributed by atoms with Crippen LogP contribution in [0.3, 0.4) is 0 Å². The molecule has 0 saturated carbocycles. The molecule has 0 atom stereocenters. The molecule has 0 spiro atoms. The van der Waals surface area contributed by atoms with Crippen LogP contribution in [0.15, 0.2) is 36.4 Å². The van der Waals surface area contributed by atoms with E-state index in [-0.39, 0.29) is 24.5 Å². The Bertz CT molecular complexity index is 534. The van der Waals surface area contributed by atoms with E-state index in [0.29, 0.717) is 0 Å². The van der Waals surface area contributed by atoms with Crippen molar-refractivity contribution in [1.29, 1.82) is 0 Å². The van der Waals surface area contributed by atoms with Gasteiger partial charge in [0.25, 0.3) is 0 Å². The van der Waals surface area contributed by atoms with E-state index in [1.807, 2.05) is 18.2 Å². The van der Waals surface area contributed by atoms with Crippen LogP contribution < -0.4 is 0 Å². The third-order valence-electron chi connectivity index (χ3n) is 2.19. The number of aliphatic hydroxyl groups is 2. The molecule has 2 rings (SSSR count). The minimum absolute atomic E-state index is 0.0660. The number of hydrogen-bond donors (Lipinski definition) is 4. The molecule has 5 heteroatoms. The number of fused-ring (bicyclic) bond motifs is 1.